The molecule has 2 aliphatic heterocycles. The summed E-state index contributed by atoms with van der Waals surface area (Å²) in [5, 5.41) is 0.746. The minimum absolute atomic E-state index is 0.194. The van der Waals surface area contributed by atoms with E-state index in [4.69, 9.17) is 21.1 Å². The molecule has 2 heterocycles. The number of fused-ring (bicyclic) bond motifs is 1. The van der Waals surface area contributed by atoms with Gasteiger partial charge in [-0.3, -0.25) is 0 Å². The molecule has 0 aliphatic carbocycles. The molecule has 1 unspecified atom stereocenters. The first-order valence-corrected chi connectivity index (χ1v) is 9.39. The molecule has 0 radical (unpaired) electrons. The SMILES string of the molecule is CCOC(=O)N1CCC(C2C(C)=C(C)OCc3cc(Cl)ccc32)CC1. The fourth-order valence-corrected chi connectivity index (χ4v) is 4.19. The van der Waals surface area contributed by atoms with Crippen LogP contribution in [0, 0.1) is 5.92 Å². The van der Waals surface area contributed by atoms with Crippen LogP contribution in [0.3, 0.4) is 0 Å². The van der Waals surface area contributed by atoms with Gasteiger partial charge < -0.3 is 14.4 Å². The van der Waals surface area contributed by atoms with Gasteiger partial charge in [-0.1, -0.05) is 17.7 Å². The Morgan fingerprint density at radius 2 is 2.04 bits per heavy atom. The van der Waals surface area contributed by atoms with E-state index in [1.54, 1.807) is 0 Å². The largest absolute Gasteiger partial charge is 0.494 e. The van der Waals surface area contributed by atoms with E-state index < -0.39 is 0 Å². The van der Waals surface area contributed by atoms with Gasteiger partial charge in [-0.15, -0.1) is 0 Å². The maximum absolute atomic E-state index is 11.9. The standard InChI is InChI=1S/C20H26ClNO3/c1-4-24-20(23)22-9-7-15(8-10-22)19-13(2)14(3)25-12-16-11-17(21)5-6-18(16)19/h5-6,11,15,19H,4,7-10,12H2,1-3H3. The van der Waals surface area contributed by atoms with E-state index in [9.17, 15) is 4.79 Å². The molecule has 3 rings (SSSR count). The van der Waals surface area contributed by atoms with E-state index >= 15 is 0 Å². The van der Waals surface area contributed by atoms with Crippen LogP contribution < -0.4 is 0 Å². The zero-order chi connectivity index (χ0) is 18.0. The molecule has 0 N–H and O–H groups in total. The molecule has 0 bridgehead atoms. The predicted molar refractivity (Wildman–Crippen MR) is 98.7 cm³/mol. The Balaban J connectivity index is 1.83. The lowest BCUT2D eigenvalue weighted by molar-refractivity contribution is 0.0899. The van der Waals surface area contributed by atoms with Crippen molar-refractivity contribution in [2.24, 2.45) is 5.92 Å². The number of carbonyl (C=O) groups excluding carboxylic acids is 1. The lowest BCUT2D eigenvalue weighted by Crippen LogP contribution is -2.40. The summed E-state index contributed by atoms with van der Waals surface area (Å²) in [5.74, 6) is 1.81. The van der Waals surface area contributed by atoms with Crippen molar-refractivity contribution in [1.29, 1.82) is 0 Å². The molecule has 1 aromatic rings. The molecule has 0 saturated carbocycles. The molecule has 2 aliphatic rings. The number of allylic oxidation sites excluding steroid dienone is 2. The second kappa shape index (κ2) is 7.69. The number of piperidine rings is 1. The van der Waals surface area contributed by atoms with Crippen molar-refractivity contribution in [3.63, 3.8) is 0 Å². The number of carbonyl (C=O) groups is 1. The van der Waals surface area contributed by atoms with Gasteiger partial charge in [0.2, 0.25) is 0 Å². The highest BCUT2D eigenvalue weighted by atomic mass is 35.5. The number of halogens is 1. The number of rotatable bonds is 2. The Morgan fingerprint density at radius 3 is 2.72 bits per heavy atom. The smallest absolute Gasteiger partial charge is 0.409 e. The summed E-state index contributed by atoms with van der Waals surface area (Å²) in [6.07, 6.45) is 1.74. The second-order valence-corrected chi connectivity index (χ2v) is 7.31. The lowest BCUT2D eigenvalue weighted by Gasteiger charge is -2.36. The van der Waals surface area contributed by atoms with Gasteiger partial charge in [-0.25, -0.2) is 4.79 Å². The fourth-order valence-electron chi connectivity index (χ4n) is 3.99. The van der Waals surface area contributed by atoms with E-state index in [1.807, 2.05) is 30.9 Å². The van der Waals surface area contributed by atoms with Crippen molar-refractivity contribution in [3.8, 4) is 0 Å². The molecule has 0 spiro atoms. The molecule has 4 nitrogen and oxygen atoms in total. The van der Waals surface area contributed by atoms with E-state index in [2.05, 4.69) is 13.0 Å². The van der Waals surface area contributed by atoms with Crippen LogP contribution in [0.15, 0.2) is 29.5 Å². The third-order valence-corrected chi connectivity index (χ3v) is 5.68. The van der Waals surface area contributed by atoms with Gasteiger partial charge in [-0.05, 0) is 68.4 Å². The Hall–Kier alpha value is -1.68. The van der Waals surface area contributed by atoms with E-state index in [0.717, 1.165) is 36.7 Å². The molecule has 1 amide bonds. The molecule has 25 heavy (non-hydrogen) atoms. The van der Waals surface area contributed by atoms with Gasteiger partial charge in [0, 0.05) is 24.0 Å². The highest BCUT2D eigenvalue weighted by Crippen LogP contribution is 2.43. The molecule has 136 valence electrons. The Kier molecular flexibility index (Phi) is 5.57. The van der Waals surface area contributed by atoms with Crippen LogP contribution >= 0.6 is 11.6 Å². The van der Waals surface area contributed by atoms with Crippen LogP contribution in [-0.4, -0.2) is 30.7 Å². The van der Waals surface area contributed by atoms with E-state index in [-0.39, 0.29) is 6.09 Å². The van der Waals surface area contributed by atoms with Crippen molar-refractivity contribution in [2.75, 3.05) is 19.7 Å². The summed E-state index contributed by atoms with van der Waals surface area (Å²) in [6.45, 7) is 8.54. The maximum atomic E-state index is 11.9. The van der Waals surface area contributed by atoms with Crippen LogP contribution in [0.2, 0.25) is 5.02 Å². The number of likely N-dealkylation sites (tertiary alicyclic amines) is 1. The van der Waals surface area contributed by atoms with Crippen LogP contribution in [0.25, 0.3) is 0 Å². The highest BCUT2D eigenvalue weighted by molar-refractivity contribution is 6.30. The monoisotopic (exact) mass is 363 g/mol. The first-order valence-electron chi connectivity index (χ1n) is 9.01. The number of ether oxygens (including phenoxy) is 2. The van der Waals surface area contributed by atoms with E-state index in [0.29, 0.717) is 25.0 Å². The van der Waals surface area contributed by atoms with Crippen molar-refractivity contribution in [3.05, 3.63) is 45.7 Å². The number of hydrogen-bond donors (Lipinski definition) is 0. The summed E-state index contributed by atoms with van der Waals surface area (Å²) >= 11 is 6.19. The van der Waals surface area contributed by atoms with Crippen molar-refractivity contribution in [2.45, 2.75) is 46.1 Å². The Morgan fingerprint density at radius 1 is 1.32 bits per heavy atom. The third kappa shape index (κ3) is 3.79. The summed E-state index contributed by atoms with van der Waals surface area (Å²) < 4.78 is 11.1. The Labute approximate surface area is 154 Å². The minimum atomic E-state index is -0.194. The van der Waals surface area contributed by atoms with Crippen LogP contribution in [0.1, 0.15) is 50.7 Å². The number of hydrogen-bond acceptors (Lipinski definition) is 3. The predicted octanol–water partition coefficient (Wildman–Crippen LogP) is 5.12. The van der Waals surface area contributed by atoms with Gasteiger partial charge in [0.1, 0.15) is 6.61 Å². The molecular formula is C20H26ClNO3. The number of nitrogens with zero attached hydrogens (tertiary/aromatic N) is 1. The topological polar surface area (TPSA) is 38.8 Å². The lowest BCUT2D eigenvalue weighted by atomic mass is 9.75. The van der Waals surface area contributed by atoms with E-state index in [1.165, 1.54) is 16.7 Å². The van der Waals surface area contributed by atoms with Gasteiger partial charge >= 0.3 is 6.09 Å². The molecular weight excluding hydrogens is 338 g/mol. The van der Waals surface area contributed by atoms with Crippen molar-refractivity contribution < 1.29 is 14.3 Å². The quantitative estimate of drug-likeness (QED) is 0.732. The summed E-state index contributed by atoms with van der Waals surface area (Å²) in [5.41, 5.74) is 3.77. The second-order valence-electron chi connectivity index (χ2n) is 6.87. The normalized spacial score (nSPS) is 21.4. The molecule has 1 atom stereocenters. The van der Waals surface area contributed by atoms with Gasteiger partial charge in [-0.2, -0.15) is 0 Å². The zero-order valence-electron chi connectivity index (χ0n) is 15.2. The Bertz CT molecular complexity index is 678. The van der Waals surface area contributed by atoms with Crippen LogP contribution in [-0.2, 0) is 16.1 Å². The van der Waals surface area contributed by atoms with Crippen LogP contribution in [0.4, 0.5) is 4.79 Å². The zero-order valence-corrected chi connectivity index (χ0v) is 15.9. The number of amides is 1. The minimum Gasteiger partial charge on any atom is -0.494 e. The average Bonchev–Trinajstić information content (AvgIpc) is 2.73. The number of benzene rings is 1. The average molecular weight is 364 g/mol. The van der Waals surface area contributed by atoms with Crippen molar-refractivity contribution >= 4 is 17.7 Å². The van der Waals surface area contributed by atoms with Gasteiger partial charge in [0.15, 0.2) is 0 Å². The van der Waals surface area contributed by atoms with Crippen LogP contribution in [0.5, 0.6) is 0 Å². The summed E-state index contributed by atoms with van der Waals surface area (Å²) in [6, 6.07) is 6.13. The fraction of sp³-hybridized carbons (Fsp3) is 0.550. The first kappa shape index (κ1) is 18.1. The van der Waals surface area contributed by atoms with Gasteiger partial charge in [0.05, 0.1) is 12.4 Å². The highest BCUT2D eigenvalue weighted by Gasteiger charge is 2.34. The van der Waals surface area contributed by atoms with Gasteiger partial charge in [0.25, 0.3) is 0 Å². The molecule has 5 heteroatoms. The maximum Gasteiger partial charge on any atom is 0.409 e. The summed E-state index contributed by atoms with van der Waals surface area (Å²) in [7, 11) is 0. The summed E-state index contributed by atoms with van der Waals surface area (Å²) in [4.78, 5) is 13.8. The first-order chi connectivity index (χ1) is 12.0. The van der Waals surface area contributed by atoms with Crippen molar-refractivity contribution in [1.82, 2.24) is 4.90 Å². The molecule has 1 aromatic carbocycles. The molecule has 1 saturated heterocycles. The molecule has 1 fully saturated rings. The molecule has 0 aromatic heterocycles. The third-order valence-electron chi connectivity index (χ3n) is 5.44.